The Morgan fingerprint density at radius 3 is 2.56 bits per heavy atom. The molecule has 2 bridgehead atoms. The summed E-state index contributed by atoms with van der Waals surface area (Å²) in [6, 6.07) is 0.922. The number of nitrogens with one attached hydrogen (secondary N) is 1. The van der Waals surface area contributed by atoms with Gasteiger partial charge in [0, 0.05) is 44.8 Å². The van der Waals surface area contributed by atoms with Crippen LogP contribution in [0.3, 0.4) is 0 Å². The van der Waals surface area contributed by atoms with Crippen molar-refractivity contribution in [3.8, 4) is 0 Å². The van der Waals surface area contributed by atoms with Gasteiger partial charge >= 0.3 is 0 Å². The number of nitrogens with zero attached hydrogens (tertiary/aromatic N) is 3. The number of guanidine groups is 1. The third kappa shape index (κ3) is 2.86. The Balaban J connectivity index is 1.81. The zero-order valence-electron chi connectivity index (χ0n) is 10.3. The van der Waals surface area contributed by atoms with E-state index in [0.717, 1.165) is 13.1 Å². The van der Waals surface area contributed by atoms with E-state index in [0.29, 0.717) is 18.0 Å². The van der Waals surface area contributed by atoms with Crippen molar-refractivity contribution in [1.82, 2.24) is 15.1 Å². The molecule has 3 aliphatic heterocycles. The van der Waals surface area contributed by atoms with Crippen LogP contribution >= 0.6 is 0 Å². The topological polar surface area (TPSA) is 56.9 Å². The molecule has 3 saturated heterocycles. The Morgan fingerprint density at radius 1 is 1.38 bits per heavy atom. The molecule has 3 aliphatic rings. The van der Waals surface area contributed by atoms with Crippen LogP contribution in [0.25, 0.3) is 0 Å². The maximum Gasteiger partial charge on any atom is 0.188 e. The second kappa shape index (κ2) is 5.01. The van der Waals surface area contributed by atoms with Gasteiger partial charge in [-0.15, -0.1) is 0 Å². The summed E-state index contributed by atoms with van der Waals surface area (Å²) in [7, 11) is 0. The summed E-state index contributed by atoms with van der Waals surface area (Å²) in [5, 5.41) is 3.12. The average Bonchev–Trinajstić information content (AvgIpc) is 2.27. The van der Waals surface area contributed by atoms with Gasteiger partial charge < -0.3 is 11.1 Å². The van der Waals surface area contributed by atoms with E-state index in [4.69, 9.17) is 5.73 Å². The Morgan fingerprint density at radius 2 is 2.06 bits per heavy atom. The molecule has 3 N–H and O–H groups in total. The third-order valence-electron chi connectivity index (χ3n) is 3.30. The molecule has 0 radical (unpaired) electrons. The maximum atomic E-state index is 5.80. The zero-order chi connectivity index (χ0) is 11.5. The first-order valence-electron chi connectivity index (χ1n) is 6.18. The minimum atomic E-state index is 0.357. The normalized spacial score (nSPS) is 34.4. The molecule has 0 aromatic heterocycles. The molecule has 5 heteroatoms. The summed E-state index contributed by atoms with van der Waals surface area (Å²) >= 11 is 0. The maximum absolute atomic E-state index is 5.80. The summed E-state index contributed by atoms with van der Waals surface area (Å²) in [5.74, 6) is 0.577. The van der Waals surface area contributed by atoms with Crippen LogP contribution in [0.4, 0.5) is 0 Å². The highest BCUT2D eigenvalue weighted by Gasteiger charge is 2.31. The highest BCUT2D eigenvalue weighted by molar-refractivity contribution is 5.78. The van der Waals surface area contributed by atoms with Gasteiger partial charge in [-0.2, -0.15) is 0 Å². The van der Waals surface area contributed by atoms with Crippen molar-refractivity contribution in [2.75, 3.05) is 39.3 Å². The quantitative estimate of drug-likeness (QED) is 0.492. The number of rotatable bonds is 3. The van der Waals surface area contributed by atoms with E-state index in [-0.39, 0.29) is 0 Å². The van der Waals surface area contributed by atoms with E-state index in [1.807, 2.05) is 0 Å². The van der Waals surface area contributed by atoms with Gasteiger partial charge in [0.2, 0.25) is 0 Å². The van der Waals surface area contributed by atoms with Gasteiger partial charge in [-0.25, -0.2) is 0 Å². The van der Waals surface area contributed by atoms with Crippen molar-refractivity contribution >= 4 is 5.96 Å². The predicted octanol–water partition coefficient (Wildman–Crippen LogP) is -0.701. The Kier molecular flexibility index (Phi) is 3.66. The van der Waals surface area contributed by atoms with Crippen LogP contribution in [0, 0.1) is 0 Å². The molecule has 1 unspecified atom stereocenters. The van der Waals surface area contributed by atoms with Gasteiger partial charge in [-0.1, -0.05) is 0 Å². The SMILES string of the molecule is CC(C)NC(N)=NCC1CN2CCN1CC2. The highest BCUT2D eigenvalue weighted by atomic mass is 15.3. The van der Waals surface area contributed by atoms with Crippen molar-refractivity contribution in [3.63, 3.8) is 0 Å². The van der Waals surface area contributed by atoms with Gasteiger partial charge in [0.05, 0.1) is 6.54 Å². The van der Waals surface area contributed by atoms with E-state index in [2.05, 4.69) is 34.0 Å². The fourth-order valence-electron chi connectivity index (χ4n) is 2.44. The molecule has 92 valence electrons. The van der Waals surface area contributed by atoms with Gasteiger partial charge in [-0.05, 0) is 13.8 Å². The number of nitrogens with two attached hydrogens (primary N) is 1. The van der Waals surface area contributed by atoms with Crippen LogP contribution in [0.5, 0.6) is 0 Å². The summed E-state index contributed by atoms with van der Waals surface area (Å²) in [6.07, 6.45) is 0. The van der Waals surface area contributed by atoms with Crippen molar-refractivity contribution in [3.05, 3.63) is 0 Å². The number of piperazine rings is 3. The molecule has 5 nitrogen and oxygen atoms in total. The lowest BCUT2D eigenvalue weighted by atomic mass is 10.1. The molecule has 16 heavy (non-hydrogen) atoms. The summed E-state index contributed by atoms with van der Waals surface area (Å²) in [6.45, 7) is 10.9. The average molecular weight is 225 g/mol. The summed E-state index contributed by atoms with van der Waals surface area (Å²) in [5.41, 5.74) is 5.80. The summed E-state index contributed by atoms with van der Waals surface area (Å²) in [4.78, 5) is 9.48. The smallest absolute Gasteiger partial charge is 0.188 e. The van der Waals surface area contributed by atoms with Gasteiger partial charge in [0.15, 0.2) is 5.96 Å². The van der Waals surface area contributed by atoms with Gasteiger partial charge in [0.1, 0.15) is 0 Å². The number of aliphatic imine (C=N–C) groups is 1. The molecular formula is C11H23N5. The van der Waals surface area contributed by atoms with E-state index < -0.39 is 0 Å². The lowest BCUT2D eigenvalue weighted by Gasteiger charge is -2.47. The Bertz CT molecular complexity index is 255. The molecular weight excluding hydrogens is 202 g/mol. The molecule has 0 aromatic rings. The lowest BCUT2D eigenvalue weighted by Crippen LogP contribution is -2.62. The Labute approximate surface area is 97.7 Å². The number of hydrogen-bond acceptors (Lipinski definition) is 3. The predicted molar refractivity (Wildman–Crippen MR) is 66.6 cm³/mol. The van der Waals surface area contributed by atoms with Crippen LogP contribution in [0.15, 0.2) is 4.99 Å². The lowest BCUT2D eigenvalue weighted by molar-refractivity contribution is 0.0174. The minimum Gasteiger partial charge on any atom is -0.370 e. The molecule has 3 rings (SSSR count). The Hall–Kier alpha value is -0.810. The van der Waals surface area contributed by atoms with Crippen LogP contribution < -0.4 is 11.1 Å². The molecule has 0 aliphatic carbocycles. The molecule has 0 aromatic carbocycles. The largest absolute Gasteiger partial charge is 0.370 e. The number of fused-ring (bicyclic) bond motifs is 3. The zero-order valence-corrected chi connectivity index (χ0v) is 10.3. The van der Waals surface area contributed by atoms with E-state index in [1.54, 1.807) is 0 Å². The molecule has 0 spiro atoms. The van der Waals surface area contributed by atoms with Gasteiger partial charge in [0.25, 0.3) is 0 Å². The van der Waals surface area contributed by atoms with Crippen LogP contribution in [0.1, 0.15) is 13.8 Å². The molecule has 3 heterocycles. The fraction of sp³-hybridized carbons (Fsp3) is 0.909. The molecule has 1 atom stereocenters. The molecule has 3 fully saturated rings. The second-order valence-corrected chi connectivity index (χ2v) is 5.02. The van der Waals surface area contributed by atoms with Crippen LogP contribution in [0.2, 0.25) is 0 Å². The number of hydrogen-bond donors (Lipinski definition) is 2. The van der Waals surface area contributed by atoms with Crippen molar-refractivity contribution in [2.45, 2.75) is 25.9 Å². The van der Waals surface area contributed by atoms with E-state index in [9.17, 15) is 0 Å². The minimum absolute atomic E-state index is 0.357. The molecule has 0 amide bonds. The highest BCUT2D eigenvalue weighted by Crippen LogP contribution is 2.15. The standard InChI is InChI=1S/C11H23N5/c1-9(2)14-11(12)13-7-10-8-15-3-5-16(10)6-4-15/h9-10H,3-8H2,1-2H3,(H3,12,13,14). The van der Waals surface area contributed by atoms with E-state index in [1.165, 1.54) is 26.2 Å². The first-order valence-corrected chi connectivity index (χ1v) is 6.18. The van der Waals surface area contributed by atoms with Crippen LogP contribution in [-0.4, -0.2) is 67.1 Å². The first-order chi connectivity index (χ1) is 7.65. The van der Waals surface area contributed by atoms with Crippen molar-refractivity contribution in [1.29, 1.82) is 0 Å². The van der Waals surface area contributed by atoms with E-state index >= 15 is 0 Å². The summed E-state index contributed by atoms with van der Waals surface area (Å²) < 4.78 is 0. The monoisotopic (exact) mass is 225 g/mol. The first kappa shape index (κ1) is 11.7. The van der Waals surface area contributed by atoms with Crippen molar-refractivity contribution in [2.24, 2.45) is 10.7 Å². The molecule has 0 saturated carbocycles. The second-order valence-electron chi connectivity index (χ2n) is 5.02. The van der Waals surface area contributed by atoms with Crippen LogP contribution in [-0.2, 0) is 0 Å². The third-order valence-corrected chi connectivity index (χ3v) is 3.30. The van der Waals surface area contributed by atoms with Gasteiger partial charge in [-0.3, -0.25) is 14.8 Å². The fourth-order valence-corrected chi connectivity index (χ4v) is 2.44. The van der Waals surface area contributed by atoms with Crippen molar-refractivity contribution < 1.29 is 0 Å².